The minimum absolute atomic E-state index is 0.822. The van der Waals surface area contributed by atoms with Crippen molar-refractivity contribution in [1.29, 1.82) is 0 Å². The van der Waals surface area contributed by atoms with Crippen LogP contribution in [0.25, 0.3) is 0 Å². The van der Waals surface area contributed by atoms with E-state index in [2.05, 4.69) is 43.2 Å². The van der Waals surface area contributed by atoms with Gasteiger partial charge in [-0.15, -0.1) is 0 Å². The lowest BCUT2D eigenvalue weighted by molar-refractivity contribution is 0.320. The van der Waals surface area contributed by atoms with Crippen molar-refractivity contribution >= 4 is 0 Å². The number of fused-ring (bicyclic) bond motifs is 1. The van der Waals surface area contributed by atoms with Gasteiger partial charge in [-0.1, -0.05) is 58.5 Å². The van der Waals surface area contributed by atoms with Crippen molar-refractivity contribution in [3.05, 3.63) is 70.6 Å². The highest BCUT2D eigenvalue weighted by molar-refractivity contribution is 5.65. The third kappa shape index (κ3) is 2.83. The lowest BCUT2D eigenvalue weighted by Crippen LogP contribution is -2.37. The zero-order valence-electron chi connectivity index (χ0n) is 14.2. The van der Waals surface area contributed by atoms with Crippen LogP contribution in [-0.2, 0) is 19.4 Å². The molecule has 2 aliphatic rings. The molecule has 2 heteroatoms. The molecule has 1 aliphatic heterocycles. The van der Waals surface area contributed by atoms with Crippen molar-refractivity contribution in [2.45, 2.75) is 46.6 Å². The first-order valence-corrected chi connectivity index (χ1v) is 8.36. The maximum Gasteiger partial charge on any atom is 0.0683 e. The van der Waals surface area contributed by atoms with Gasteiger partial charge in [-0.25, -0.2) is 0 Å². The first-order valence-electron chi connectivity index (χ1n) is 8.36. The summed E-state index contributed by atoms with van der Waals surface area (Å²) < 4.78 is 0. The fraction of sp³-hybridized carbons (Fsp3) is 0.400. The van der Waals surface area contributed by atoms with Crippen LogP contribution in [0.3, 0.4) is 0 Å². The molecule has 22 heavy (non-hydrogen) atoms. The topological polar surface area (TPSA) is 29.3 Å². The number of rotatable bonds is 3. The molecule has 1 heterocycles. The molecule has 1 aromatic carbocycles. The Bertz CT molecular complexity index is 623. The Morgan fingerprint density at radius 1 is 1.14 bits per heavy atom. The molecule has 0 saturated heterocycles. The lowest BCUT2D eigenvalue weighted by atomic mass is 9.87. The summed E-state index contributed by atoms with van der Waals surface area (Å²) in [6, 6.07) is 6.93. The van der Waals surface area contributed by atoms with Crippen molar-refractivity contribution in [2.24, 2.45) is 5.73 Å². The normalized spacial score (nSPS) is 16.8. The van der Waals surface area contributed by atoms with E-state index in [0.29, 0.717) is 0 Å². The average Bonchev–Trinajstić information content (AvgIpc) is 2.56. The van der Waals surface area contributed by atoms with Gasteiger partial charge in [-0.2, -0.15) is 0 Å². The maximum atomic E-state index is 6.06. The number of nitrogens with two attached hydrogens (primary N) is 1. The molecule has 1 aliphatic carbocycles. The second-order valence-corrected chi connectivity index (χ2v) is 5.74. The Hall–Kier alpha value is -1.96. The predicted octanol–water partition coefficient (Wildman–Crippen LogP) is 4.32. The fourth-order valence-electron chi connectivity index (χ4n) is 3.16. The molecule has 2 N–H and O–H groups in total. The number of aryl methyl sites for hydroxylation is 1. The zero-order chi connectivity index (χ0) is 16.3. The molecule has 0 amide bonds. The third-order valence-corrected chi connectivity index (χ3v) is 4.37. The monoisotopic (exact) mass is 296 g/mol. The Kier molecular flexibility index (Phi) is 5.12. The third-order valence-electron chi connectivity index (χ3n) is 4.37. The summed E-state index contributed by atoms with van der Waals surface area (Å²) in [5.74, 6) is 0. The van der Waals surface area contributed by atoms with Gasteiger partial charge in [0.25, 0.3) is 0 Å². The van der Waals surface area contributed by atoms with E-state index < -0.39 is 0 Å². The molecule has 0 aromatic heterocycles. The second-order valence-electron chi connectivity index (χ2n) is 5.74. The summed E-state index contributed by atoms with van der Waals surface area (Å²) in [7, 11) is 0. The molecular weight excluding hydrogens is 268 g/mol. The zero-order valence-corrected chi connectivity index (χ0v) is 14.2. The van der Waals surface area contributed by atoms with Crippen molar-refractivity contribution in [3.63, 3.8) is 0 Å². The smallest absolute Gasteiger partial charge is 0.0683 e. The van der Waals surface area contributed by atoms with Gasteiger partial charge in [-0.05, 0) is 29.5 Å². The van der Waals surface area contributed by atoms with E-state index in [1.54, 1.807) is 0 Å². The van der Waals surface area contributed by atoms with E-state index in [1.807, 2.05) is 13.8 Å². The summed E-state index contributed by atoms with van der Waals surface area (Å²) in [6.45, 7) is 16.2. The van der Waals surface area contributed by atoms with E-state index in [-0.39, 0.29) is 0 Å². The quantitative estimate of drug-likeness (QED) is 0.900. The SMILES string of the molecule is C=C1C(=C)C(N2CCc3ccc(CCC)cc3C2)=C1N.CC. The second kappa shape index (κ2) is 6.87. The molecule has 3 rings (SSSR count). The lowest BCUT2D eigenvalue weighted by Gasteiger charge is -2.39. The summed E-state index contributed by atoms with van der Waals surface area (Å²) in [5.41, 5.74) is 14.3. The standard InChI is InChI=1S/C18H22N2.C2H6/c1-4-5-14-6-7-15-8-9-20(11-16(15)10-14)18-13(3)12(2)17(18)19;1-2/h6-7,10H,2-5,8-9,11,19H2,1H3;1-2H3. The van der Waals surface area contributed by atoms with Crippen LogP contribution >= 0.6 is 0 Å². The van der Waals surface area contributed by atoms with Crippen LogP contribution in [0.5, 0.6) is 0 Å². The van der Waals surface area contributed by atoms with Gasteiger partial charge >= 0.3 is 0 Å². The predicted molar refractivity (Wildman–Crippen MR) is 95.4 cm³/mol. The highest BCUT2D eigenvalue weighted by Gasteiger charge is 2.30. The van der Waals surface area contributed by atoms with Crippen LogP contribution in [-0.4, -0.2) is 11.4 Å². The number of hydrogen-bond acceptors (Lipinski definition) is 2. The summed E-state index contributed by atoms with van der Waals surface area (Å²) in [4.78, 5) is 2.35. The molecule has 2 nitrogen and oxygen atoms in total. The van der Waals surface area contributed by atoms with E-state index in [9.17, 15) is 0 Å². The van der Waals surface area contributed by atoms with E-state index in [0.717, 1.165) is 48.5 Å². The summed E-state index contributed by atoms with van der Waals surface area (Å²) in [6.07, 6.45) is 3.43. The molecule has 1 aromatic rings. The molecule has 0 spiro atoms. The van der Waals surface area contributed by atoms with Crippen LogP contribution in [0.4, 0.5) is 0 Å². The van der Waals surface area contributed by atoms with Crippen LogP contribution in [0.2, 0.25) is 0 Å². The van der Waals surface area contributed by atoms with Crippen molar-refractivity contribution in [1.82, 2.24) is 4.90 Å². The van der Waals surface area contributed by atoms with Gasteiger partial charge in [0.15, 0.2) is 0 Å². The Morgan fingerprint density at radius 3 is 2.50 bits per heavy atom. The van der Waals surface area contributed by atoms with Gasteiger partial charge in [0.1, 0.15) is 0 Å². The maximum absolute atomic E-state index is 6.06. The van der Waals surface area contributed by atoms with Gasteiger partial charge in [0.2, 0.25) is 0 Å². The minimum atomic E-state index is 0.822. The number of benzene rings is 1. The van der Waals surface area contributed by atoms with Gasteiger partial charge < -0.3 is 10.6 Å². The summed E-state index contributed by atoms with van der Waals surface area (Å²) in [5, 5.41) is 0. The first-order chi connectivity index (χ1) is 10.6. The van der Waals surface area contributed by atoms with Crippen LogP contribution < -0.4 is 5.73 Å². The van der Waals surface area contributed by atoms with Crippen LogP contribution in [0.1, 0.15) is 43.9 Å². The molecule has 0 unspecified atom stereocenters. The van der Waals surface area contributed by atoms with E-state index in [4.69, 9.17) is 5.73 Å². The first kappa shape index (κ1) is 16.4. The molecule has 0 radical (unpaired) electrons. The molecule has 118 valence electrons. The fourth-order valence-corrected chi connectivity index (χ4v) is 3.16. The minimum Gasteiger partial charge on any atom is -0.397 e. The van der Waals surface area contributed by atoms with Crippen molar-refractivity contribution in [2.75, 3.05) is 6.54 Å². The Labute approximate surface area is 135 Å². The van der Waals surface area contributed by atoms with E-state index in [1.165, 1.54) is 23.1 Å². The van der Waals surface area contributed by atoms with Crippen molar-refractivity contribution in [3.8, 4) is 0 Å². The molecule has 0 fully saturated rings. The highest BCUT2D eigenvalue weighted by atomic mass is 15.2. The Morgan fingerprint density at radius 2 is 1.86 bits per heavy atom. The molecule has 0 bridgehead atoms. The summed E-state index contributed by atoms with van der Waals surface area (Å²) >= 11 is 0. The van der Waals surface area contributed by atoms with Gasteiger partial charge in [-0.3, -0.25) is 0 Å². The van der Waals surface area contributed by atoms with E-state index >= 15 is 0 Å². The van der Waals surface area contributed by atoms with Gasteiger partial charge in [0, 0.05) is 24.2 Å². The molecule has 0 saturated carbocycles. The van der Waals surface area contributed by atoms with Crippen LogP contribution in [0, 0.1) is 0 Å². The highest BCUT2D eigenvalue weighted by Crippen LogP contribution is 2.38. The van der Waals surface area contributed by atoms with Crippen molar-refractivity contribution < 1.29 is 0 Å². The Balaban J connectivity index is 0.000000847. The van der Waals surface area contributed by atoms with Gasteiger partial charge in [0.05, 0.1) is 11.4 Å². The van der Waals surface area contributed by atoms with Crippen LogP contribution in [0.15, 0.2) is 53.9 Å². The largest absolute Gasteiger partial charge is 0.397 e. The number of allylic oxidation sites excluding steroid dienone is 2. The number of nitrogens with zero attached hydrogens (tertiary/aromatic N) is 1. The molecule has 0 atom stereocenters. The number of hydrogen-bond donors (Lipinski definition) is 1. The average molecular weight is 296 g/mol. The molecular formula is C20H28N2.